The largest absolute Gasteiger partial charge is 0.386 e. The Hall–Kier alpha value is -1.18. The second-order valence-corrected chi connectivity index (χ2v) is 2.17. The molecule has 0 aromatic rings. The van der Waals surface area contributed by atoms with E-state index in [1.165, 1.54) is 0 Å². The summed E-state index contributed by atoms with van der Waals surface area (Å²) in [4.78, 5) is 0. The zero-order valence-corrected chi connectivity index (χ0v) is 6.09. The van der Waals surface area contributed by atoms with Crippen LogP contribution in [0.3, 0.4) is 0 Å². The van der Waals surface area contributed by atoms with Gasteiger partial charge in [0.05, 0.1) is 0 Å². The van der Waals surface area contributed by atoms with Gasteiger partial charge in [0.1, 0.15) is 0 Å². The Morgan fingerprint density at radius 2 is 2.30 bits per heavy atom. The van der Waals surface area contributed by atoms with Crippen molar-refractivity contribution in [1.29, 1.82) is 0 Å². The van der Waals surface area contributed by atoms with Crippen LogP contribution in [0.15, 0.2) is 36.3 Å². The molecule has 0 fully saturated rings. The minimum Gasteiger partial charge on any atom is -0.386 e. The quantitative estimate of drug-likeness (QED) is 0.521. The summed E-state index contributed by atoms with van der Waals surface area (Å²) >= 11 is 0. The lowest BCUT2D eigenvalue weighted by atomic mass is 10.5. The summed E-state index contributed by atoms with van der Waals surface area (Å²) in [6.45, 7) is 2.91. The van der Waals surface area contributed by atoms with Gasteiger partial charge in [0, 0.05) is 24.6 Å². The van der Waals surface area contributed by atoms with E-state index in [0.29, 0.717) is 0 Å². The molecular formula is C8H12N2. The number of allylic oxidation sites excluding steroid dienone is 3. The summed E-state index contributed by atoms with van der Waals surface area (Å²) in [5, 5.41) is 6.22. The van der Waals surface area contributed by atoms with Gasteiger partial charge in [-0.25, -0.2) is 0 Å². The van der Waals surface area contributed by atoms with E-state index in [1.807, 2.05) is 31.5 Å². The van der Waals surface area contributed by atoms with Crippen LogP contribution in [-0.4, -0.2) is 6.54 Å². The molecule has 1 heterocycles. The maximum atomic E-state index is 3.13. The SMILES string of the molecule is C/C1=C/NC/C=C\C=C/N1. The van der Waals surface area contributed by atoms with Crippen molar-refractivity contribution >= 4 is 0 Å². The topological polar surface area (TPSA) is 24.1 Å². The first-order valence-corrected chi connectivity index (χ1v) is 3.38. The fourth-order valence-corrected chi connectivity index (χ4v) is 0.703. The van der Waals surface area contributed by atoms with Crippen LogP contribution in [0.4, 0.5) is 0 Å². The molecule has 0 saturated carbocycles. The highest BCUT2D eigenvalue weighted by Crippen LogP contribution is 1.86. The van der Waals surface area contributed by atoms with Gasteiger partial charge in [-0.2, -0.15) is 0 Å². The van der Waals surface area contributed by atoms with Crippen molar-refractivity contribution in [3.05, 3.63) is 36.3 Å². The molecule has 1 rings (SSSR count). The van der Waals surface area contributed by atoms with Crippen molar-refractivity contribution in [2.45, 2.75) is 6.92 Å². The predicted octanol–water partition coefficient (Wildman–Crippen LogP) is 1.11. The average molecular weight is 136 g/mol. The van der Waals surface area contributed by atoms with Crippen LogP contribution in [0.2, 0.25) is 0 Å². The molecule has 0 aliphatic carbocycles. The monoisotopic (exact) mass is 136 g/mol. The van der Waals surface area contributed by atoms with Crippen LogP contribution in [-0.2, 0) is 0 Å². The van der Waals surface area contributed by atoms with Crippen molar-refractivity contribution in [3.63, 3.8) is 0 Å². The summed E-state index contributed by atoms with van der Waals surface area (Å²) < 4.78 is 0. The van der Waals surface area contributed by atoms with Gasteiger partial charge < -0.3 is 10.6 Å². The molecule has 2 N–H and O–H groups in total. The number of hydrogen-bond acceptors (Lipinski definition) is 2. The Morgan fingerprint density at radius 1 is 1.40 bits per heavy atom. The molecule has 1 aliphatic heterocycles. The second-order valence-electron chi connectivity index (χ2n) is 2.17. The summed E-state index contributed by atoms with van der Waals surface area (Å²) in [5.74, 6) is 0. The molecule has 2 nitrogen and oxygen atoms in total. The minimum absolute atomic E-state index is 0.892. The third-order valence-electron chi connectivity index (χ3n) is 1.21. The predicted molar refractivity (Wildman–Crippen MR) is 43.2 cm³/mol. The number of hydrogen-bond donors (Lipinski definition) is 2. The molecular weight excluding hydrogens is 124 g/mol. The first-order valence-electron chi connectivity index (χ1n) is 3.38. The molecule has 0 unspecified atom stereocenters. The molecule has 1 aliphatic rings. The van der Waals surface area contributed by atoms with Crippen LogP contribution in [0, 0.1) is 0 Å². The Balaban J connectivity index is 2.54. The van der Waals surface area contributed by atoms with E-state index >= 15 is 0 Å². The molecule has 0 amide bonds. The molecule has 54 valence electrons. The Bertz CT molecular complexity index is 178. The summed E-state index contributed by atoms with van der Waals surface area (Å²) in [5.41, 5.74) is 1.12. The number of nitrogens with one attached hydrogen (secondary N) is 2. The van der Waals surface area contributed by atoms with Gasteiger partial charge in [-0.3, -0.25) is 0 Å². The Morgan fingerprint density at radius 3 is 3.20 bits per heavy atom. The third-order valence-corrected chi connectivity index (χ3v) is 1.21. The zero-order chi connectivity index (χ0) is 7.23. The Labute approximate surface area is 61.3 Å². The van der Waals surface area contributed by atoms with Crippen LogP contribution in [0.25, 0.3) is 0 Å². The molecule has 0 bridgehead atoms. The maximum Gasteiger partial charge on any atom is 0.0328 e. The smallest absolute Gasteiger partial charge is 0.0328 e. The molecule has 0 spiro atoms. The van der Waals surface area contributed by atoms with Gasteiger partial charge in [0.15, 0.2) is 0 Å². The average Bonchev–Trinajstić information content (AvgIpc) is 2.02. The normalized spacial score (nSPS) is 29.1. The first kappa shape index (κ1) is 6.93. The lowest BCUT2D eigenvalue weighted by Crippen LogP contribution is -2.09. The highest BCUT2D eigenvalue weighted by molar-refractivity contribution is 5.09. The fraction of sp³-hybridized carbons (Fsp3) is 0.250. The molecule has 0 atom stereocenters. The molecule has 0 aromatic carbocycles. The van der Waals surface area contributed by atoms with Gasteiger partial charge in [-0.05, 0) is 13.0 Å². The van der Waals surface area contributed by atoms with E-state index < -0.39 is 0 Å². The van der Waals surface area contributed by atoms with Gasteiger partial charge in [0.2, 0.25) is 0 Å². The van der Waals surface area contributed by atoms with E-state index in [4.69, 9.17) is 0 Å². The molecule has 2 heteroatoms. The van der Waals surface area contributed by atoms with E-state index in [2.05, 4.69) is 16.7 Å². The van der Waals surface area contributed by atoms with Crippen LogP contribution >= 0.6 is 0 Å². The van der Waals surface area contributed by atoms with Crippen LogP contribution in [0.1, 0.15) is 6.92 Å². The van der Waals surface area contributed by atoms with E-state index in [-0.39, 0.29) is 0 Å². The van der Waals surface area contributed by atoms with Crippen molar-refractivity contribution in [2.24, 2.45) is 0 Å². The van der Waals surface area contributed by atoms with E-state index in [0.717, 1.165) is 12.2 Å². The lowest BCUT2D eigenvalue weighted by Gasteiger charge is -1.98. The standard InChI is InChI=1S/C8H12N2/c1-8-7-9-5-3-2-4-6-10-8/h2-4,6-7,9-10H,5H2,1H3/b3-2-,6-4-,8-7-. The van der Waals surface area contributed by atoms with Crippen LogP contribution < -0.4 is 10.6 Å². The summed E-state index contributed by atoms with van der Waals surface area (Å²) in [6, 6.07) is 0. The van der Waals surface area contributed by atoms with E-state index in [1.54, 1.807) is 0 Å². The van der Waals surface area contributed by atoms with Crippen molar-refractivity contribution < 1.29 is 0 Å². The first-order chi connectivity index (χ1) is 4.89. The number of rotatable bonds is 0. The zero-order valence-electron chi connectivity index (χ0n) is 6.09. The van der Waals surface area contributed by atoms with E-state index in [9.17, 15) is 0 Å². The molecule has 10 heavy (non-hydrogen) atoms. The fourth-order valence-electron chi connectivity index (χ4n) is 0.703. The highest BCUT2D eigenvalue weighted by Gasteiger charge is 1.82. The molecule has 0 radical (unpaired) electrons. The van der Waals surface area contributed by atoms with Crippen molar-refractivity contribution in [2.75, 3.05) is 6.54 Å². The van der Waals surface area contributed by atoms with Gasteiger partial charge in [-0.15, -0.1) is 0 Å². The highest BCUT2D eigenvalue weighted by atomic mass is 14.9. The molecule has 0 saturated heterocycles. The minimum atomic E-state index is 0.892. The molecule has 0 aromatic heterocycles. The Kier molecular flexibility index (Phi) is 2.62. The summed E-state index contributed by atoms with van der Waals surface area (Å²) in [7, 11) is 0. The second kappa shape index (κ2) is 3.77. The van der Waals surface area contributed by atoms with Crippen molar-refractivity contribution in [1.82, 2.24) is 10.6 Å². The van der Waals surface area contributed by atoms with Gasteiger partial charge in [-0.1, -0.05) is 12.2 Å². The maximum absolute atomic E-state index is 3.13. The van der Waals surface area contributed by atoms with Crippen LogP contribution in [0.5, 0.6) is 0 Å². The summed E-state index contributed by atoms with van der Waals surface area (Å²) in [6.07, 6.45) is 9.92. The van der Waals surface area contributed by atoms with Gasteiger partial charge in [0.25, 0.3) is 0 Å². The third kappa shape index (κ3) is 2.40. The van der Waals surface area contributed by atoms with Crippen molar-refractivity contribution in [3.8, 4) is 0 Å². The van der Waals surface area contributed by atoms with Gasteiger partial charge >= 0.3 is 0 Å². The lowest BCUT2D eigenvalue weighted by molar-refractivity contribution is 0.936.